The second-order valence-corrected chi connectivity index (χ2v) is 32.6. The topological polar surface area (TPSA) is 421 Å². The number of aliphatic hydroxyl groups is 2. The minimum Gasteiger partial charge on any atom is -0.457 e. The molecule has 0 saturated carbocycles. The second kappa shape index (κ2) is 26.7. The number of nitrogens with one attached hydrogen (secondary N) is 1. The highest BCUT2D eigenvalue weighted by Crippen LogP contribution is 2.68. The zero-order valence-corrected chi connectivity index (χ0v) is 53.4. The van der Waals surface area contributed by atoms with E-state index in [1.807, 2.05) is 61.5 Å². The molecule has 3 aliphatic rings. The number of amides is 1. The highest BCUT2D eigenvalue weighted by atomic mass is 32.2. The molecular formula is C56H72N4O22P2S4+2. The van der Waals surface area contributed by atoms with Gasteiger partial charge in [0.15, 0.2) is 24.7 Å². The van der Waals surface area contributed by atoms with Crippen molar-refractivity contribution in [2.75, 3.05) is 30.3 Å². The van der Waals surface area contributed by atoms with Crippen molar-refractivity contribution in [2.24, 2.45) is 0 Å². The highest BCUT2D eigenvalue weighted by Gasteiger charge is 2.59. The first-order valence-electron chi connectivity index (χ1n) is 27.6. The molecule has 4 aromatic rings. The number of aliphatic hydroxyl groups excluding tert-OH is 1. The molecule has 1 aromatic heterocycles. The van der Waals surface area contributed by atoms with Gasteiger partial charge in [-0.25, -0.2) is 4.57 Å². The Kier molecular flexibility index (Phi) is 21.2. The van der Waals surface area contributed by atoms with E-state index in [4.69, 9.17) is 4.74 Å². The van der Waals surface area contributed by atoms with Crippen molar-refractivity contribution in [3.8, 4) is 5.75 Å². The number of carbonyl (C=O) groups is 1. The summed E-state index contributed by atoms with van der Waals surface area (Å²) in [5.74, 6) is -0.289. The van der Waals surface area contributed by atoms with E-state index in [9.17, 15) is 95.6 Å². The number of carbonyl (C=O) groups excluding carboxylic acids is 1. The SMILES string of the molecule is CC1(C)C(=CC=C2CCCC(C=CC3=[N+](CCCCCC(=O)NCC(O)C[n+]4cccc(CC(O)(P(=O)(O)O)P(=O)(O)O)c4)c4ccc(S(=O)(=O)O)cc4C3(C)C)=C2Oc2ccc(S(=O)(=O)O)cc2)N(CCCCS(=O)(=O)O)c2ccc(S(=O)(=O)O)cc21. The molecule has 1 atom stereocenters. The average molecular weight is 1340 g/mol. The third-order valence-electron chi connectivity index (χ3n) is 15.6. The van der Waals surface area contributed by atoms with E-state index in [0.717, 1.165) is 0 Å². The van der Waals surface area contributed by atoms with Crippen LogP contribution in [0, 0.1) is 0 Å². The Morgan fingerprint density at radius 1 is 0.750 bits per heavy atom. The zero-order valence-electron chi connectivity index (χ0n) is 48.3. The summed E-state index contributed by atoms with van der Waals surface area (Å²) in [6.45, 7) is 7.75. The molecule has 32 heteroatoms. The zero-order chi connectivity index (χ0) is 65.2. The standard InChI is InChI=1S/C56H70N4O22P2S4/c1-54(2)46-32-44(87(76,77)78)22-24-48(46)59(29-7-5-6-15-52(62)57-35-41(61)37-58-28-11-12-38(36-58)34-56(63,83(64,65)66)84(67,68)69)50(54)26-16-39-13-10-14-40(53(39)82-42-18-20-43(21-19-42)86(73,74)75)17-27-51-55(3,4)47-33-45(88(79,80)81)23-25-49(47)60(51)30-8-9-31-85(70,71)72/h11-12,16-28,32-33,36,41,61,63H,5-10,13-15,29-31,34-35,37H2,1-4H3,(H7-2,57,62,64,65,66,67,68,69,70,71,72,73,74,75,76,77,78,79,80,81)/p+2. The summed E-state index contributed by atoms with van der Waals surface area (Å²) in [4.78, 5) is 52.1. The van der Waals surface area contributed by atoms with Crippen molar-refractivity contribution in [3.63, 3.8) is 0 Å². The van der Waals surface area contributed by atoms with Crippen molar-refractivity contribution in [1.29, 1.82) is 0 Å². The van der Waals surface area contributed by atoms with Crippen LogP contribution in [-0.4, -0.2) is 134 Å². The number of allylic oxidation sites excluding steroid dienone is 7. The largest absolute Gasteiger partial charge is 0.457 e. The Morgan fingerprint density at radius 3 is 1.98 bits per heavy atom. The van der Waals surface area contributed by atoms with E-state index < -0.39 is 89.9 Å². The van der Waals surface area contributed by atoms with Crippen molar-refractivity contribution in [1.82, 2.24) is 5.32 Å². The summed E-state index contributed by atoms with van der Waals surface area (Å²) < 4.78 is 170. The molecule has 480 valence electrons. The number of nitrogens with zero attached hydrogens (tertiary/aromatic N) is 3. The Bertz CT molecular complexity index is 4070. The van der Waals surface area contributed by atoms with Crippen molar-refractivity contribution in [3.05, 3.63) is 149 Å². The Balaban J connectivity index is 1.16. The molecule has 88 heavy (non-hydrogen) atoms. The minimum absolute atomic E-state index is 0.0610. The van der Waals surface area contributed by atoms with Crippen LogP contribution in [0.3, 0.4) is 0 Å². The number of aromatic nitrogens is 1. The van der Waals surface area contributed by atoms with Gasteiger partial charge in [-0.2, -0.15) is 38.2 Å². The molecule has 3 aromatic carbocycles. The monoisotopic (exact) mass is 1340 g/mol. The average Bonchev–Trinajstić information content (AvgIpc) is 1.81. The van der Waals surface area contributed by atoms with Gasteiger partial charge in [-0.05, 0) is 148 Å². The van der Waals surface area contributed by atoms with Gasteiger partial charge in [0.2, 0.25) is 11.6 Å². The number of hydrogen-bond donors (Lipinski definition) is 11. The molecular weight excluding hydrogens is 1270 g/mol. The number of ether oxygens (including phenoxy) is 1. The van der Waals surface area contributed by atoms with Crippen molar-refractivity contribution >= 4 is 78.7 Å². The van der Waals surface area contributed by atoms with E-state index in [2.05, 4.69) is 5.32 Å². The number of rotatable bonds is 27. The van der Waals surface area contributed by atoms with Gasteiger partial charge in [-0.15, -0.1) is 0 Å². The number of pyridine rings is 1. The fourth-order valence-corrected chi connectivity index (χ4v) is 15.2. The van der Waals surface area contributed by atoms with Crippen LogP contribution in [0.4, 0.5) is 11.4 Å². The lowest BCUT2D eigenvalue weighted by atomic mass is 9.81. The molecule has 1 aliphatic carbocycles. The summed E-state index contributed by atoms with van der Waals surface area (Å²) >= 11 is 0. The van der Waals surface area contributed by atoms with E-state index in [1.54, 1.807) is 12.1 Å². The number of benzene rings is 3. The van der Waals surface area contributed by atoms with E-state index in [1.165, 1.54) is 77.6 Å². The van der Waals surface area contributed by atoms with E-state index >= 15 is 0 Å². The molecule has 26 nitrogen and oxygen atoms in total. The Labute approximate surface area is 510 Å². The molecule has 0 radical (unpaired) electrons. The first kappa shape index (κ1) is 69.8. The maximum atomic E-state index is 13.0. The van der Waals surface area contributed by atoms with Crippen LogP contribution < -0.4 is 19.5 Å². The van der Waals surface area contributed by atoms with Gasteiger partial charge in [0, 0.05) is 78.5 Å². The first-order chi connectivity index (χ1) is 40.6. The van der Waals surface area contributed by atoms with Crippen LogP contribution in [0.2, 0.25) is 0 Å². The molecule has 11 N–H and O–H groups in total. The van der Waals surface area contributed by atoms with E-state index in [0.29, 0.717) is 102 Å². The Morgan fingerprint density at radius 2 is 1.36 bits per heavy atom. The molecule has 0 spiro atoms. The highest BCUT2D eigenvalue weighted by molar-refractivity contribution is 7.86. The number of anilines is 1. The van der Waals surface area contributed by atoms with Crippen LogP contribution in [0.5, 0.6) is 5.75 Å². The van der Waals surface area contributed by atoms with Gasteiger partial charge >= 0.3 is 15.2 Å². The molecule has 1 amide bonds. The first-order valence-corrected chi connectivity index (χ1v) is 36.7. The smallest absolute Gasteiger partial charge is 0.369 e. The fraction of sp³-hybridized carbons (Fsp3) is 0.411. The van der Waals surface area contributed by atoms with Crippen LogP contribution >= 0.6 is 15.2 Å². The predicted octanol–water partition coefficient (Wildman–Crippen LogP) is 5.72. The lowest BCUT2D eigenvalue weighted by Gasteiger charge is -2.28. The van der Waals surface area contributed by atoms with Crippen LogP contribution in [0.15, 0.2) is 147 Å². The molecule has 0 fully saturated rings. The van der Waals surface area contributed by atoms with Gasteiger partial charge in [0.1, 0.15) is 24.2 Å². The van der Waals surface area contributed by atoms with Crippen LogP contribution in [0.25, 0.3) is 0 Å². The third-order valence-corrected chi connectivity index (χ3v) is 22.7. The normalized spacial score (nSPS) is 17.9. The van der Waals surface area contributed by atoms with Gasteiger partial charge in [0.25, 0.3) is 45.6 Å². The van der Waals surface area contributed by atoms with Crippen LogP contribution in [0.1, 0.15) is 102 Å². The molecule has 1 unspecified atom stereocenters. The predicted molar refractivity (Wildman–Crippen MR) is 321 cm³/mol. The summed E-state index contributed by atoms with van der Waals surface area (Å²) in [6.07, 6.45) is 11.2. The lowest BCUT2D eigenvalue weighted by Crippen LogP contribution is -2.44. The quantitative estimate of drug-likeness (QED) is 0.0147. The molecule has 2 aliphatic heterocycles. The molecule has 0 bridgehead atoms. The van der Waals surface area contributed by atoms with Gasteiger partial charge in [-0.1, -0.05) is 19.9 Å². The molecule has 7 rings (SSSR count). The van der Waals surface area contributed by atoms with Gasteiger partial charge in [0.05, 0.1) is 25.9 Å². The van der Waals surface area contributed by atoms with Gasteiger partial charge < -0.3 is 44.7 Å². The van der Waals surface area contributed by atoms with Crippen molar-refractivity contribution < 1.29 is 109 Å². The summed E-state index contributed by atoms with van der Waals surface area (Å²) in [7, 11) is -29.6. The summed E-state index contributed by atoms with van der Waals surface area (Å²) in [6, 6.07) is 16.3. The summed E-state index contributed by atoms with van der Waals surface area (Å²) in [5, 5.41) is 20.1. The number of unbranched alkanes of at least 4 members (excludes halogenated alkanes) is 3. The van der Waals surface area contributed by atoms with Gasteiger partial charge in [-0.3, -0.25) is 32.1 Å². The van der Waals surface area contributed by atoms with Crippen LogP contribution in [-0.2, 0) is 78.2 Å². The number of fused-ring (bicyclic) bond motifs is 2. The molecule has 0 saturated heterocycles. The fourth-order valence-electron chi connectivity index (χ4n) is 11.0. The Hall–Kier alpha value is -5.63. The van der Waals surface area contributed by atoms with Crippen molar-refractivity contribution in [2.45, 2.75) is 135 Å². The molecule has 3 heterocycles. The van der Waals surface area contributed by atoms with E-state index in [-0.39, 0.29) is 64.4 Å². The lowest BCUT2D eigenvalue weighted by molar-refractivity contribution is -0.703. The second-order valence-electron chi connectivity index (χ2n) is 22.8. The number of hydrogen-bond acceptors (Lipinski definition) is 15. The third kappa shape index (κ3) is 16.7. The minimum atomic E-state index is -5.73. The maximum absolute atomic E-state index is 13.0. The maximum Gasteiger partial charge on any atom is 0.369 e. The summed E-state index contributed by atoms with van der Waals surface area (Å²) in [5.41, 5.74) is 3.26.